The van der Waals surface area contributed by atoms with Crippen molar-refractivity contribution in [2.24, 2.45) is 0 Å². The van der Waals surface area contributed by atoms with Gasteiger partial charge < -0.3 is 13.9 Å². The number of hydrogen-bond acceptors (Lipinski definition) is 2. The van der Waals surface area contributed by atoms with Gasteiger partial charge in [0, 0.05) is 49.7 Å². The minimum absolute atomic E-state index is 0.868. The van der Waals surface area contributed by atoms with Crippen LogP contribution in [0, 0.1) is 0 Å². The maximum atomic E-state index is 6.84. The summed E-state index contributed by atoms with van der Waals surface area (Å²) >= 11 is 0. The molecule has 0 fully saturated rings. The summed E-state index contributed by atoms with van der Waals surface area (Å²) in [7, 11) is 0. The highest BCUT2D eigenvalue weighted by atomic mass is 16.3. The lowest BCUT2D eigenvalue weighted by molar-refractivity contribution is 0.670. The molecule has 2 heterocycles. The summed E-state index contributed by atoms with van der Waals surface area (Å²) in [6, 6.07) is 78.7. The Kier molecular flexibility index (Phi) is 7.54. The van der Waals surface area contributed by atoms with Crippen molar-refractivity contribution in [3.05, 3.63) is 218 Å². The highest BCUT2D eigenvalue weighted by Gasteiger charge is 2.23. The SMILES string of the molecule is c1ccc(N(c2cccc(-c3ccc4c(ccc5ccccc54)c3)c2)c2cc(-c3ccccc3-n3c4ccccc4c4ccccc43)c3oc4ccccc4c3c2)cc1. The lowest BCUT2D eigenvalue weighted by atomic mass is 9.96. The van der Waals surface area contributed by atoms with Gasteiger partial charge in [-0.05, 0) is 99.4 Å². The number of furan rings is 1. The summed E-state index contributed by atoms with van der Waals surface area (Å²) in [4.78, 5) is 2.38. The molecule has 0 unspecified atom stereocenters. The van der Waals surface area contributed by atoms with Crippen LogP contribution in [0.2, 0.25) is 0 Å². The van der Waals surface area contributed by atoms with Crippen LogP contribution in [-0.2, 0) is 0 Å². The molecule has 12 aromatic rings. The molecule has 3 nitrogen and oxygen atoms in total. The van der Waals surface area contributed by atoms with Crippen molar-refractivity contribution in [2.75, 3.05) is 4.90 Å². The largest absolute Gasteiger partial charge is 0.455 e. The second-order valence-corrected chi connectivity index (χ2v) is 15.3. The molecule has 0 aliphatic carbocycles. The zero-order chi connectivity index (χ0) is 38.9. The highest BCUT2D eigenvalue weighted by Crippen LogP contribution is 2.46. The summed E-state index contributed by atoms with van der Waals surface area (Å²) in [6.45, 7) is 0. The van der Waals surface area contributed by atoms with Crippen LogP contribution in [0.5, 0.6) is 0 Å². The third-order valence-corrected chi connectivity index (χ3v) is 11.9. The van der Waals surface area contributed by atoms with Gasteiger partial charge in [-0.3, -0.25) is 0 Å². The van der Waals surface area contributed by atoms with E-state index in [2.05, 4.69) is 222 Å². The summed E-state index contributed by atoms with van der Waals surface area (Å²) in [5.41, 5.74) is 12.8. The van der Waals surface area contributed by atoms with E-state index >= 15 is 0 Å². The Bertz CT molecular complexity index is 3520. The first-order valence-electron chi connectivity index (χ1n) is 20.2. The molecule has 0 amide bonds. The fourth-order valence-electron chi connectivity index (χ4n) is 9.26. The molecule has 0 radical (unpaired) electrons. The lowest BCUT2D eigenvalue weighted by Crippen LogP contribution is -2.10. The van der Waals surface area contributed by atoms with Crippen molar-refractivity contribution < 1.29 is 4.42 Å². The number of benzene rings is 10. The van der Waals surface area contributed by atoms with E-state index in [-0.39, 0.29) is 0 Å². The molecule has 0 aliphatic rings. The monoisotopic (exact) mass is 752 g/mol. The molecule has 276 valence electrons. The third-order valence-electron chi connectivity index (χ3n) is 11.9. The molecule has 0 aliphatic heterocycles. The smallest absolute Gasteiger partial charge is 0.143 e. The number of anilines is 3. The molecule has 0 saturated heterocycles. The Balaban J connectivity index is 1.09. The molecule has 0 atom stereocenters. The number of nitrogens with zero attached hydrogens (tertiary/aromatic N) is 2. The van der Waals surface area contributed by atoms with E-state index in [1.165, 1.54) is 48.9 Å². The van der Waals surface area contributed by atoms with Gasteiger partial charge in [-0.2, -0.15) is 0 Å². The topological polar surface area (TPSA) is 21.3 Å². The molecule has 59 heavy (non-hydrogen) atoms. The summed E-state index contributed by atoms with van der Waals surface area (Å²) in [6.07, 6.45) is 0. The molecule has 12 rings (SSSR count). The van der Waals surface area contributed by atoms with E-state index < -0.39 is 0 Å². The molecule has 0 bridgehead atoms. The first kappa shape index (κ1) is 33.3. The fraction of sp³-hybridized carbons (Fsp3) is 0. The lowest BCUT2D eigenvalue weighted by Gasteiger charge is -2.27. The van der Waals surface area contributed by atoms with Crippen molar-refractivity contribution in [3.63, 3.8) is 0 Å². The Labute approximate surface area is 341 Å². The Morgan fingerprint density at radius 1 is 0.339 bits per heavy atom. The van der Waals surface area contributed by atoms with Gasteiger partial charge in [-0.1, -0.05) is 152 Å². The number of fused-ring (bicyclic) bond motifs is 9. The Morgan fingerprint density at radius 3 is 1.80 bits per heavy atom. The van der Waals surface area contributed by atoms with E-state index in [1.807, 2.05) is 6.07 Å². The van der Waals surface area contributed by atoms with Gasteiger partial charge in [-0.15, -0.1) is 0 Å². The zero-order valence-electron chi connectivity index (χ0n) is 32.1. The summed E-state index contributed by atoms with van der Waals surface area (Å²) in [5.74, 6) is 0. The predicted octanol–water partition coefficient (Wildman–Crippen LogP) is 15.8. The number of rotatable bonds is 6. The van der Waals surface area contributed by atoms with Crippen molar-refractivity contribution in [3.8, 4) is 27.9 Å². The average Bonchev–Trinajstić information content (AvgIpc) is 3.85. The van der Waals surface area contributed by atoms with Crippen LogP contribution in [0.3, 0.4) is 0 Å². The minimum atomic E-state index is 0.868. The van der Waals surface area contributed by atoms with Crippen LogP contribution in [0.25, 0.3) is 93.2 Å². The van der Waals surface area contributed by atoms with Crippen LogP contribution in [0.15, 0.2) is 223 Å². The van der Waals surface area contributed by atoms with Gasteiger partial charge in [0.05, 0.1) is 16.7 Å². The fourth-order valence-corrected chi connectivity index (χ4v) is 9.26. The third kappa shape index (κ3) is 5.36. The average molecular weight is 753 g/mol. The number of hydrogen-bond donors (Lipinski definition) is 0. The molecule has 0 spiro atoms. The molecular formula is C56H36N2O. The number of aromatic nitrogens is 1. The van der Waals surface area contributed by atoms with Crippen molar-refractivity contribution in [1.82, 2.24) is 4.57 Å². The van der Waals surface area contributed by atoms with Crippen LogP contribution in [0.4, 0.5) is 17.1 Å². The van der Waals surface area contributed by atoms with Crippen molar-refractivity contribution >= 4 is 82.4 Å². The molecule has 0 saturated carbocycles. The van der Waals surface area contributed by atoms with Crippen LogP contribution in [-0.4, -0.2) is 4.57 Å². The van der Waals surface area contributed by atoms with E-state index in [0.717, 1.165) is 61.4 Å². The Hall–Kier alpha value is -7.88. The van der Waals surface area contributed by atoms with E-state index in [4.69, 9.17) is 4.42 Å². The van der Waals surface area contributed by atoms with Crippen LogP contribution >= 0.6 is 0 Å². The van der Waals surface area contributed by atoms with Gasteiger partial charge in [0.1, 0.15) is 11.2 Å². The molecular weight excluding hydrogens is 717 g/mol. The molecule has 2 aromatic heterocycles. The van der Waals surface area contributed by atoms with Gasteiger partial charge in [0.15, 0.2) is 0 Å². The highest BCUT2D eigenvalue weighted by molar-refractivity contribution is 6.14. The van der Waals surface area contributed by atoms with Gasteiger partial charge in [-0.25, -0.2) is 0 Å². The van der Waals surface area contributed by atoms with E-state index in [0.29, 0.717) is 0 Å². The van der Waals surface area contributed by atoms with Gasteiger partial charge >= 0.3 is 0 Å². The second-order valence-electron chi connectivity index (χ2n) is 15.3. The molecule has 10 aromatic carbocycles. The molecule has 0 N–H and O–H groups in total. The Morgan fingerprint density at radius 2 is 0.966 bits per heavy atom. The number of para-hydroxylation sites is 5. The van der Waals surface area contributed by atoms with Gasteiger partial charge in [0.25, 0.3) is 0 Å². The van der Waals surface area contributed by atoms with Crippen molar-refractivity contribution in [1.29, 1.82) is 0 Å². The standard InChI is InChI=1S/C56H36N2O/c1-2-17-41(18-3-1)57(42-19-14-16-38(34-42)39-31-32-45-40(33-39)30-29-37-15-4-5-20-44(37)45)43-35-50(56-51(36-43)49-24-9-13-28-55(49)59-56)48-23-8-12-27-54(48)58-52-25-10-6-21-46(52)47-22-7-11-26-53(47)58/h1-36H. The summed E-state index contributed by atoms with van der Waals surface area (Å²) in [5, 5.41) is 9.66. The quantitative estimate of drug-likeness (QED) is 0.158. The van der Waals surface area contributed by atoms with Crippen LogP contribution < -0.4 is 4.90 Å². The maximum absolute atomic E-state index is 6.84. The normalized spacial score (nSPS) is 11.7. The first-order chi connectivity index (χ1) is 29.3. The van der Waals surface area contributed by atoms with E-state index in [1.54, 1.807) is 0 Å². The molecule has 3 heteroatoms. The van der Waals surface area contributed by atoms with Gasteiger partial charge in [0.2, 0.25) is 0 Å². The zero-order valence-corrected chi connectivity index (χ0v) is 32.1. The predicted molar refractivity (Wildman–Crippen MR) is 249 cm³/mol. The van der Waals surface area contributed by atoms with E-state index in [9.17, 15) is 0 Å². The maximum Gasteiger partial charge on any atom is 0.143 e. The minimum Gasteiger partial charge on any atom is -0.455 e. The second kappa shape index (κ2) is 13.4. The first-order valence-corrected chi connectivity index (χ1v) is 20.2. The van der Waals surface area contributed by atoms with Crippen molar-refractivity contribution in [2.45, 2.75) is 0 Å². The summed E-state index contributed by atoms with van der Waals surface area (Å²) < 4.78 is 9.25. The van der Waals surface area contributed by atoms with Crippen LogP contribution in [0.1, 0.15) is 0 Å².